The molecule has 106 valence electrons. The predicted molar refractivity (Wildman–Crippen MR) is 81.6 cm³/mol. The van der Waals surface area contributed by atoms with E-state index in [2.05, 4.69) is 33.8 Å². The minimum atomic E-state index is 0.119. The number of aromatic nitrogens is 1. The molecule has 0 fully saturated rings. The van der Waals surface area contributed by atoms with Crippen LogP contribution < -0.4 is 10.6 Å². The van der Waals surface area contributed by atoms with Gasteiger partial charge in [-0.3, -0.25) is 9.78 Å². The standard InChI is InChI=1S/C16H21N3O/c1-17-10-4-8-15(20)18-12-9-14-6-2-5-13-7-3-11-19-16(13)14/h2-3,5-7,11,17H,4,8-10,12H2,1H3,(H,18,20). The number of carbonyl (C=O) groups is 1. The molecule has 20 heavy (non-hydrogen) atoms. The lowest BCUT2D eigenvalue weighted by Crippen LogP contribution is -2.26. The molecule has 2 N–H and O–H groups in total. The van der Waals surface area contributed by atoms with Crippen LogP contribution >= 0.6 is 0 Å². The van der Waals surface area contributed by atoms with E-state index in [0.29, 0.717) is 13.0 Å². The summed E-state index contributed by atoms with van der Waals surface area (Å²) in [6, 6.07) is 10.2. The highest BCUT2D eigenvalue weighted by molar-refractivity contribution is 5.81. The van der Waals surface area contributed by atoms with Gasteiger partial charge in [-0.15, -0.1) is 0 Å². The van der Waals surface area contributed by atoms with Crippen LogP contribution in [0.2, 0.25) is 0 Å². The van der Waals surface area contributed by atoms with Crippen molar-refractivity contribution in [2.45, 2.75) is 19.3 Å². The van der Waals surface area contributed by atoms with Crippen LogP contribution in [0.5, 0.6) is 0 Å². The second-order valence-electron chi connectivity index (χ2n) is 4.80. The Bertz CT molecular complexity index is 563. The summed E-state index contributed by atoms with van der Waals surface area (Å²) in [5, 5.41) is 7.14. The number of carbonyl (C=O) groups excluding carboxylic acids is 1. The lowest BCUT2D eigenvalue weighted by molar-refractivity contribution is -0.121. The van der Waals surface area contributed by atoms with Gasteiger partial charge in [0.05, 0.1) is 5.52 Å². The molecule has 0 spiro atoms. The monoisotopic (exact) mass is 271 g/mol. The first-order valence-corrected chi connectivity index (χ1v) is 7.05. The largest absolute Gasteiger partial charge is 0.356 e. The quantitative estimate of drug-likeness (QED) is 0.756. The first kappa shape index (κ1) is 14.5. The molecule has 4 heteroatoms. The lowest BCUT2D eigenvalue weighted by Gasteiger charge is -2.07. The van der Waals surface area contributed by atoms with Gasteiger partial charge in [0.15, 0.2) is 0 Å². The van der Waals surface area contributed by atoms with Crippen LogP contribution in [-0.2, 0) is 11.2 Å². The fraction of sp³-hybridized carbons (Fsp3) is 0.375. The van der Waals surface area contributed by atoms with Crippen LogP contribution in [0.15, 0.2) is 36.5 Å². The van der Waals surface area contributed by atoms with Gasteiger partial charge in [0, 0.05) is 24.5 Å². The summed E-state index contributed by atoms with van der Waals surface area (Å²) < 4.78 is 0. The van der Waals surface area contributed by atoms with E-state index in [1.807, 2.05) is 25.4 Å². The van der Waals surface area contributed by atoms with Crippen molar-refractivity contribution in [2.75, 3.05) is 20.1 Å². The second-order valence-corrected chi connectivity index (χ2v) is 4.80. The number of rotatable bonds is 7. The number of nitrogens with one attached hydrogen (secondary N) is 2. The van der Waals surface area contributed by atoms with Gasteiger partial charge >= 0.3 is 0 Å². The summed E-state index contributed by atoms with van der Waals surface area (Å²) in [7, 11) is 1.89. The van der Waals surface area contributed by atoms with Gasteiger partial charge in [-0.1, -0.05) is 24.3 Å². The van der Waals surface area contributed by atoms with E-state index in [-0.39, 0.29) is 5.91 Å². The van der Waals surface area contributed by atoms with E-state index >= 15 is 0 Å². The molecule has 1 heterocycles. The highest BCUT2D eigenvalue weighted by atomic mass is 16.1. The van der Waals surface area contributed by atoms with E-state index < -0.39 is 0 Å². The number of hydrogen-bond acceptors (Lipinski definition) is 3. The number of para-hydroxylation sites is 1. The molecular formula is C16H21N3O. The van der Waals surface area contributed by atoms with E-state index in [4.69, 9.17) is 0 Å². The third kappa shape index (κ3) is 4.03. The first-order valence-electron chi connectivity index (χ1n) is 7.05. The summed E-state index contributed by atoms with van der Waals surface area (Å²) in [5.41, 5.74) is 2.21. The average molecular weight is 271 g/mol. The van der Waals surface area contributed by atoms with Crippen molar-refractivity contribution in [3.63, 3.8) is 0 Å². The Morgan fingerprint density at radius 1 is 1.20 bits per heavy atom. The molecule has 0 unspecified atom stereocenters. The molecule has 2 aromatic rings. The van der Waals surface area contributed by atoms with Crippen molar-refractivity contribution < 1.29 is 4.79 Å². The number of pyridine rings is 1. The molecule has 1 aromatic heterocycles. The van der Waals surface area contributed by atoms with Gasteiger partial charge in [-0.25, -0.2) is 0 Å². The number of fused-ring (bicyclic) bond motifs is 1. The SMILES string of the molecule is CNCCCC(=O)NCCc1cccc2cccnc12. The zero-order chi connectivity index (χ0) is 14.2. The summed E-state index contributed by atoms with van der Waals surface area (Å²) in [6.45, 7) is 1.54. The van der Waals surface area contributed by atoms with Crippen molar-refractivity contribution in [3.8, 4) is 0 Å². The summed E-state index contributed by atoms with van der Waals surface area (Å²) >= 11 is 0. The molecule has 0 bridgehead atoms. The minimum absolute atomic E-state index is 0.119. The van der Waals surface area contributed by atoms with E-state index in [1.54, 1.807) is 0 Å². The summed E-state index contributed by atoms with van der Waals surface area (Å²) in [5.74, 6) is 0.119. The highest BCUT2D eigenvalue weighted by Gasteiger charge is 2.03. The van der Waals surface area contributed by atoms with Crippen LogP contribution in [0.3, 0.4) is 0 Å². The first-order chi connectivity index (χ1) is 9.81. The van der Waals surface area contributed by atoms with Gasteiger partial charge in [-0.2, -0.15) is 0 Å². The van der Waals surface area contributed by atoms with Crippen LogP contribution in [0.25, 0.3) is 10.9 Å². The fourth-order valence-electron chi connectivity index (χ4n) is 2.22. The van der Waals surface area contributed by atoms with E-state index in [1.165, 1.54) is 5.56 Å². The Morgan fingerprint density at radius 3 is 2.90 bits per heavy atom. The molecule has 0 aliphatic carbocycles. The third-order valence-corrected chi connectivity index (χ3v) is 3.26. The maximum Gasteiger partial charge on any atom is 0.220 e. The normalized spacial score (nSPS) is 10.7. The van der Waals surface area contributed by atoms with Crippen LogP contribution in [0.4, 0.5) is 0 Å². The maximum atomic E-state index is 11.6. The van der Waals surface area contributed by atoms with Crippen LogP contribution in [0, 0.1) is 0 Å². The van der Waals surface area contributed by atoms with Crippen LogP contribution in [-0.4, -0.2) is 31.0 Å². The van der Waals surface area contributed by atoms with Gasteiger partial charge in [-0.05, 0) is 38.1 Å². The molecule has 0 aliphatic heterocycles. The summed E-state index contributed by atoms with van der Waals surface area (Å²) in [6.07, 6.45) is 4.07. The second kappa shape index (κ2) is 7.60. The zero-order valence-electron chi connectivity index (χ0n) is 11.9. The smallest absolute Gasteiger partial charge is 0.220 e. The average Bonchev–Trinajstić information content (AvgIpc) is 2.48. The molecule has 1 amide bonds. The third-order valence-electron chi connectivity index (χ3n) is 3.26. The Kier molecular flexibility index (Phi) is 5.50. The molecule has 0 saturated heterocycles. The topological polar surface area (TPSA) is 54.0 Å². The fourth-order valence-corrected chi connectivity index (χ4v) is 2.22. The molecule has 4 nitrogen and oxygen atoms in total. The maximum absolute atomic E-state index is 11.6. The number of hydrogen-bond donors (Lipinski definition) is 2. The van der Waals surface area contributed by atoms with Crippen molar-refractivity contribution >= 4 is 16.8 Å². The van der Waals surface area contributed by atoms with Crippen LogP contribution in [0.1, 0.15) is 18.4 Å². The van der Waals surface area contributed by atoms with E-state index in [0.717, 1.165) is 30.3 Å². The number of amides is 1. The van der Waals surface area contributed by atoms with E-state index in [9.17, 15) is 4.79 Å². The number of nitrogens with zero attached hydrogens (tertiary/aromatic N) is 1. The molecule has 1 aromatic carbocycles. The molecule has 0 radical (unpaired) electrons. The Balaban J connectivity index is 1.85. The minimum Gasteiger partial charge on any atom is -0.356 e. The molecule has 0 aliphatic rings. The van der Waals surface area contributed by atoms with Gasteiger partial charge < -0.3 is 10.6 Å². The van der Waals surface area contributed by atoms with Crippen molar-refractivity contribution in [1.29, 1.82) is 0 Å². The lowest BCUT2D eigenvalue weighted by atomic mass is 10.1. The van der Waals surface area contributed by atoms with Gasteiger partial charge in [0.25, 0.3) is 0 Å². The predicted octanol–water partition coefficient (Wildman–Crippen LogP) is 1.89. The molecule has 0 saturated carbocycles. The van der Waals surface area contributed by atoms with Gasteiger partial charge in [0.2, 0.25) is 5.91 Å². The molecule has 0 atom stereocenters. The number of benzene rings is 1. The van der Waals surface area contributed by atoms with Crippen molar-refractivity contribution in [3.05, 3.63) is 42.1 Å². The Hall–Kier alpha value is -1.94. The zero-order valence-corrected chi connectivity index (χ0v) is 11.9. The Labute approximate surface area is 119 Å². The molecular weight excluding hydrogens is 250 g/mol. The summed E-state index contributed by atoms with van der Waals surface area (Å²) in [4.78, 5) is 16.0. The molecule has 2 rings (SSSR count). The highest BCUT2D eigenvalue weighted by Crippen LogP contribution is 2.15. The Morgan fingerprint density at radius 2 is 2.05 bits per heavy atom. The van der Waals surface area contributed by atoms with Crippen molar-refractivity contribution in [2.24, 2.45) is 0 Å². The van der Waals surface area contributed by atoms with Gasteiger partial charge in [0.1, 0.15) is 0 Å². The van der Waals surface area contributed by atoms with Crippen molar-refractivity contribution in [1.82, 2.24) is 15.6 Å².